The Morgan fingerprint density at radius 2 is 0.523 bits per heavy atom. The lowest BCUT2D eigenvalue weighted by Gasteiger charge is -2.45. The molecule has 3 aliphatic rings. The molecule has 5 heteroatoms. The molecule has 2 aliphatic heterocycles. The van der Waals surface area contributed by atoms with Crippen LogP contribution in [0.5, 0.6) is 0 Å². The minimum absolute atomic E-state index is 0.407. The molecule has 0 radical (unpaired) electrons. The molecule has 23 aromatic rings. The predicted molar refractivity (Wildman–Crippen MR) is 540 cm³/mol. The lowest BCUT2D eigenvalue weighted by atomic mass is 9.33. The molecule has 128 heavy (non-hydrogen) atoms. The Morgan fingerprint density at radius 3 is 0.961 bits per heavy atom. The number of aromatic nitrogens is 2. The minimum atomic E-state index is -0.679. The summed E-state index contributed by atoms with van der Waals surface area (Å²) in [7, 11) is 0. The first-order valence-electron chi connectivity index (χ1n) is 44.5. The zero-order valence-corrected chi connectivity index (χ0v) is 70.0. The van der Waals surface area contributed by atoms with Crippen LogP contribution in [0, 0.1) is 0 Å². The topological polar surface area (TPSA) is 16.3 Å². The molecular formula is C123H79BN4. The van der Waals surface area contributed by atoms with Gasteiger partial charge in [0.1, 0.15) is 0 Å². The number of rotatable bonds is 13. The van der Waals surface area contributed by atoms with Gasteiger partial charge in [-0.05, 0) is 206 Å². The van der Waals surface area contributed by atoms with Crippen LogP contribution in [0.1, 0.15) is 22.3 Å². The number of benzene rings is 21. The zero-order valence-electron chi connectivity index (χ0n) is 70.0. The fraction of sp³-hybridized carbons (Fsp3) is 0.00813. The first-order valence-corrected chi connectivity index (χ1v) is 44.5. The number of hydrogen-bond acceptors (Lipinski definition) is 2. The minimum Gasteiger partial charge on any atom is -0.310 e. The quantitative estimate of drug-likeness (QED) is 0.107. The highest BCUT2D eigenvalue weighted by molar-refractivity contribution is 7.00. The van der Waals surface area contributed by atoms with E-state index in [0.29, 0.717) is 0 Å². The van der Waals surface area contributed by atoms with Gasteiger partial charge in [-0.15, -0.1) is 0 Å². The molecule has 0 unspecified atom stereocenters. The van der Waals surface area contributed by atoms with E-state index in [-0.39, 0.29) is 0 Å². The molecule has 4 heterocycles. The highest BCUT2D eigenvalue weighted by Gasteiger charge is 2.49. The predicted octanol–water partition coefficient (Wildman–Crippen LogP) is 30.3. The Hall–Kier alpha value is -16.6. The monoisotopic (exact) mass is 1620 g/mol. The van der Waals surface area contributed by atoms with Gasteiger partial charge < -0.3 is 18.9 Å². The maximum absolute atomic E-state index is 2.74. The van der Waals surface area contributed by atoms with Crippen LogP contribution >= 0.6 is 0 Å². The van der Waals surface area contributed by atoms with Crippen LogP contribution in [0.2, 0.25) is 0 Å². The van der Waals surface area contributed by atoms with E-state index in [1.165, 1.54) is 83.1 Å². The van der Waals surface area contributed by atoms with E-state index in [0.717, 1.165) is 155 Å². The molecule has 26 rings (SSSR count). The Kier molecular flexibility index (Phi) is 16.7. The van der Waals surface area contributed by atoms with Crippen molar-refractivity contribution in [3.05, 3.63) is 501 Å². The first kappa shape index (κ1) is 73.0. The number of hydrogen-bond donors (Lipinski definition) is 0. The van der Waals surface area contributed by atoms with Crippen LogP contribution in [0.25, 0.3) is 166 Å². The highest BCUT2D eigenvalue weighted by atomic mass is 15.2. The summed E-state index contributed by atoms with van der Waals surface area (Å²) in [6, 6.07) is 181. The smallest absolute Gasteiger partial charge is 0.252 e. The summed E-state index contributed by atoms with van der Waals surface area (Å²) in [5, 5.41) is 9.21. The van der Waals surface area contributed by atoms with E-state index in [1.807, 2.05) is 0 Å². The van der Waals surface area contributed by atoms with Crippen molar-refractivity contribution in [2.24, 2.45) is 0 Å². The van der Waals surface area contributed by atoms with E-state index in [4.69, 9.17) is 0 Å². The Morgan fingerprint density at radius 1 is 0.188 bits per heavy atom. The van der Waals surface area contributed by atoms with E-state index in [2.05, 4.69) is 498 Å². The Bertz CT molecular complexity index is 7980. The van der Waals surface area contributed by atoms with Crippen molar-refractivity contribution in [3.63, 3.8) is 0 Å². The van der Waals surface area contributed by atoms with Crippen LogP contribution in [-0.2, 0) is 5.41 Å². The van der Waals surface area contributed by atoms with Crippen molar-refractivity contribution in [3.8, 4) is 100 Å². The maximum atomic E-state index is 2.74. The Labute approximate surface area is 743 Å². The van der Waals surface area contributed by atoms with Gasteiger partial charge in [-0.1, -0.05) is 400 Å². The summed E-state index contributed by atoms with van der Waals surface area (Å²) >= 11 is 0. The molecule has 0 fully saturated rings. The molecule has 0 saturated carbocycles. The van der Waals surface area contributed by atoms with Crippen molar-refractivity contribution >= 4 is 122 Å². The summed E-state index contributed by atoms with van der Waals surface area (Å²) in [5.41, 5.74) is 39.7. The molecule has 594 valence electrons. The van der Waals surface area contributed by atoms with Crippen molar-refractivity contribution in [2.45, 2.75) is 5.41 Å². The number of para-hydroxylation sites is 2. The van der Waals surface area contributed by atoms with Gasteiger partial charge in [-0.2, -0.15) is 0 Å². The van der Waals surface area contributed by atoms with Gasteiger partial charge in [0, 0.05) is 77.6 Å². The van der Waals surface area contributed by atoms with E-state index < -0.39 is 12.1 Å². The van der Waals surface area contributed by atoms with Crippen LogP contribution in [-0.4, -0.2) is 15.8 Å². The van der Waals surface area contributed by atoms with E-state index >= 15 is 0 Å². The van der Waals surface area contributed by atoms with Gasteiger partial charge >= 0.3 is 0 Å². The first-order chi connectivity index (χ1) is 63.5. The third kappa shape index (κ3) is 11.2. The van der Waals surface area contributed by atoms with Crippen molar-refractivity contribution in [2.75, 3.05) is 9.80 Å². The second-order valence-electron chi connectivity index (χ2n) is 34.4. The molecule has 1 aliphatic carbocycles. The standard InChI is InChI=1S/C123H79BN4/c1-9-35-80(36-10-1)94-53-29-31-55-96(94)87-64-69-104-106-76-116-110(78-114(106)125(112(104)72-87)92-49-21-7-22-50-92)124-111-79-115-107(105-70-65-88(73-113(105)126(115)93-51-23-8-24-52-93)97-56-32-30-54-95(97)81-37-11-2-12-38-81)77-117(111)128(122-99-58-28-26-44-85(99)62-67-101(122)83-41-15-4-16-42-83)119-75-89(74-118(120(119)124)127(116)121-98-57-27-25-43-84(98)61-66-100(121)82-39-13-3-14-40-82)86-63-68-103-102-59-33-34-60-108(102)123(109(103)71-86,90-45-17-5-18-46-90)91-47-19-6-20-48-91/h1-79H. The molecule has 0 saturated heterocycles. The van der Waals surface area contributed by atoms with E-state index in [9.17, 15) is 0 Å². The molecule has 0 amide bonds. The molecule has 0 spiro atoms. The Balaban J connectivity index is 0.848. The highest BCUT2D eigenvalue weighted by Crippen LogP contribution is 2.60. The molecule has 2 aromatic heterocycles. The van der Waals surface area contributed by atoms with Gasteiger partial charge in [0.15, 0.2) is 0 Å². The number of fused-ring (bicyclic) bond motifs is 15. The van der Waals surface area contributed by atoms with Crippen LogP contribution in [0.3, 0.4) is 0 Å². The summed E-state index contributed by atoms with van der Waals surface area (Å²) in [4.78, 5) is 5.49. The van der Waals surface area contributed by atoms with Crippen LogP contribution in [0.4, 0.5) is 34.1 Å². The summed E-state index contributed by atoms with van der Waals surface area (Å²) in [6.45, 7) is -0.407. The molecule has 21 aromatic carbocycles. The molecule has 0 atom stereocenters. The maximum Gasteiger partial charge on any atom is 0.252 e. The van der Waals surface area contributed by atoms with Gasteiger partial charge in [-0.3, -0.25) is 0 Å². The largest absolute Gasteiger partial charge is 0.310 e. The van der Waals surface area contributed by atoms with Crippen LogP contribution < -0.4 is 26.2 Å². The second kappa shape index (κ2) is 29.3. The van der Waals surface area contributed by atoms with E-state index in [1.54, 1.807) is 0 Å². The van der Waals surface area contributed by atoms with Gasteiger partial charge in [0.05, 0.1) is 38.9 Å². The summed E-state index contributed by atoms with van der Waals surface area (Å²) in [6.07, 6.45) is 0. The SMILES string of the molecule is c1ccc(-c2ccccc2-c2ccc3c4cc5c(cc4n(-c4ccccc4)c3c2)B2c3cc4c(cc3N(c3c(-c6ccccc6)ccc6ccccc36)c3cc(-c6ccc7c(c6)C(c6ccccc6)(c6ccccc6)c6ccccc6-7)cc(c32)N5c2c(-c3ccccc3)ccc3ccccc23)c2ccc(-c3ccccc3-c3ccccc3)cc2n4-c2ccccc2)cc1. The normalized spacial score (nSPS) is 12.9. The van der Waals surface area contributed by atoms with Gasteiger partial charge in [0.25, 0.3) is 6.71 Å². The van der Waals surface area contributed by atoms with Gasteiger partial charge in [0.2, 0.25) is 0 Å². The number of anilines is 6. The van der Waals surface area contributed by atoms with Crippen molar-refractivity contribution < 1.29 is 0 Å². The fourth-order valence-electron chi connectivity index (χ4n) is 22.2. The molecule has 0 bridgehead atoms. The average Bonchev–Trinajstić information content (AvgIpc) is 1.24. The molecular weight excluding hydrogens is 1540 g/mol. The van der Waals surface area contributed by atoms with Crippen LogP contribution in [0.15, 0.2) is 479 Å². The van der Waals surface area contributed by atoms with Crippen molar-refractivity contribution in [1.29, 1.82) is 0 Å². The van der Waals surface area contributed by atoms with Crippen molar-refractivity contribution in [1.82, 2.24) is 9.13 Å². The summed E-state index contributed by atoms with van der Waals surface area (Å²) < 4.78 is 5.13. The van der Waals surface area contributed by atoms with Gasteiger partial charge in [-0.25, -0.2) is 0 Å². The zero-order chi connectivity index (χ0) is 84.1. The average molecular weight is 1620 g/mol. The lowest BCUT2D eigenvalue weighted by molar-refractivity contribution is 0.769. The molecule has 4 nitrogen and oxygen atoms in total. The molecule has 0 N–H and O–H groups in total. The fourth-order valence-corrected chi connectivity index (χ4v) is 22.2. The number of nitrogens with zero attached hydrogens (tertiary/aromatic N) is 4. The second-order valence-corrected chi connectivity index (χ2v) is 34.4. The summed E-state index contributed by atoms with van der Waals surface area (Å²) in [5.74, 6) is 0. The third-order valence-electron chi connectivity index (χ3n) is 27.7. The lowest BCUT2D eigenvalue weighted by Crippen LogP contribution is -2.61. The third-order valence-corrected chi connectivity index (χ3v) is 27.7.